The SMILES string of the molecule is CCCCCc1cc(C)c(OC(=O)O)c(O)c1CC. The third kappa shape index (κ3) is 3.88. The fourth-order valence-corrected chi connectivity index (χ4v) is 2.29. The third-order valence-corrected chi connectivity index (χ3v) is 3.23. The van der Waals surface area contributed by atoms with Gasteiger partial charge in [-0.15, -0.1) is 0 Å². The lowest BCUT2D eigenvalue weighted by Gasteiger charge is -2.15. The summed E-state index contributed by atoms with van der Waals surface area (Å²) in [5, 5.41) is 18.9. The molecular weight excluding hydrogens is 244 g/mol. The topological polar surface area (TPSA) is 66.8 Å². The number of ether oxygens (including phenoxy) is 1. The molecule has 1 aromatic rings. The van der Waals surface area contributed by atoms with E-state index < -0.39 is 6.16 Å². The van der Waals surface area contributed by atoms with Gasteiger partial charge in [0.05, 0.1) is 0 Å². The number of phenols is 1. The molecule has 0 bridgehead atoms. The van der Waals surface area contributed by atoms with Crippen LogP contribution < -0.4 is 4.74 Å². The predicted molar refractivity (Wildman–Crippen MR) is 74.1 cm³/mol. The van der Waals surface area contributed by atoms with Gasteiger partial charge in [-0.1, -0.05) is 32.8 Å². The van der Waals surface area contributed by atoms with E-state index in [1.807, 2.05) is 13.0 Å². The molecule has 0 aliphatic rings. The first-order valence-electron chi connectivity index (χ1n) is 6.76. The van der Waals surface area contributed by atoms with Crippen molar-refractivity contribution in [2.24, 2.45) is 0 Å². The number of rotatable bonds is 6. The molecule has 0 atom stereocenters. The normalized spacial score (nSPS) is 10.5. The summed E-state index contributed by atoms with van der Waals surface area (Å²) >= 11 is 0. The molecule has 0 fully saturated rings. The minimum atomic E-state index is -1.40. The van der Waals surface area contributed by atoms with E-state index >= 15 is 0 Å². The van der Waals surface area contributed by atoms with E-state index in [1.54, 1.807) is 6.92 Å². The van der Waals surface area contributed by atoms with Crippen LogP contribution >= 0.6 is 0 Å². The fourth-order valence-electron chi connectivity index (χ4n) is 2.29. The second-order valence-electron chi connectivity index (χ2n) is 4.69. The van der Waals surface area contributed by atoms with Crippen LogP contribution in [0.3, 0.4) is 0 Å². The Bertz CT molecular complexity index is 452. The van der Waals surface area contributed by atoms with Crippen molar-refractivity contribution in [3.05, 3.63) is 22.8 Å². The molecule has 4 heteroatoms. The first-order chi connectivity index (χ1) is 9.01. The van der Waals surface area contributed by atoms with Crippen LogP contribution in [0.2, 0.25) is 0 Å². The zero-order valence-corrected chi connectivity index (χ0v) is 11.8. The van der Waals surface area contributed by atoms with Crippen molar-refractivity contribution in [3.8, 4) is 11.5 Å². The number of carboxylic acid groups (broad SMARTS) is 1. The summed E-state index contributed by atoms with van der Waals surface area (Å²) < 4.78 is 4.67. The number of phenolic OH excluding ortho intramolecular Hbond substituents is 1. The van der Waals surface area contributed by atoms with Crippen LogP contribution in [0.15, 0.2) is 6.07 Å². The largest absolute Gasteiger partial charge is 0.511 e. The first-order valence-corrected chi connectivity index (χ1v) is 6.76. The number of benzene rings is 1. The molecule has 4 nitrogen and oxygen atoms in total. The number of aromatic hydroxyl groups is 1. The lowest BCUT2D eigenvalue weighted by molar-refractivity contribution is 0.142. The summed E-state index contributed by atoms with van der Waals surface area (Å²) in [5.41, 5.74) is 2.53. The zero-order valence-electron chi connectivity index (χ0n) is 11.8. The lowest BCUT2D eigenvalue weighted by Crippen LogP contribution is -2.07. The molecule has 19 heavy (non-hydrogen) atoms. The van der Waals surface area contributed by atoms with Gasteiger partial charge in [-0.3, -0.25) is 0 Å². The molecule has 0 saturated carbocycles. The Hall–Kier alpha value is -1.71. The summed E-state index contributed by atoms with van der Waals surface area (Å²) in [7, 11) is 0. The second kappa shape index (κ2) is 7.02. The quantitative estimate of drug-likeness (QED) is 0.463. The highest BCUT2D eigenvalue weighted by Crippen LogP contribution is 2.37. The molecule has 0 unspecified atom stereocenters. The van der Waals surface area contributed by atoms with Gasteiger partial charge in [0.1, 0.15) is 0 Å². The number of hydrogen-bond donors (Lipinski definition) is 2. The van der Waals surface area contributed by atoms with Crippen LogP contribution in [-0.2, 0) is 12.8 Å². The average Bonchev–Trinajstić information content (AvgIpc) is 2.34. The minimum Gasteiger partial charge on any atom is -0.504 e. The summed E-state index contributed by atoms with van der Waals surface area (Å²) in [4.78, 5) is 10.6. The van der Waals surface area contributed by atoms with E-state index in [9.17, 15) is 9.90 Å². The average molecular weight is 266 g/mol. The van der Waals surface area contributed by atoms with Crippen LogP contribution in [0.5, 0.6) is 11.5 Å². The Balaban J connectivity index is 3.10. The van der Waals surface area contributed by atoms with Crippen LogP contribution in [0, 0.1) is 6.92 Å². The molecule has 0 aliphatic carbocycles. The van der Waals surface area contributed by atoms with Crippen molar-refractivity contribution in [2.75, 3.05) is 0 Å². The van der Waals surface area contributed by atoms with Crippen molar-refractivity contribution in [3.63, 3.8) is 0 Å². The van der Waals surface area contributed by atoms with Gasteiger partial charge in [0.2, 0.25) is 0 Å². The van der Waals surface area contributed by atoms with E-state index in [0.717, 1.165) is 36.8 Å². The number of hydrogen-bond acceptors (Lipinski definition) is 3. The summed E-state index contributed by atoms with van der Waals surface area (Å²) in [6.07, 6.45) is 3.52. The standard InChI is InChI=1S/C15H22O4/c1-4-6-7-8-11-9-10(3)14(19-15(17)18)13(16)12(11)5-2/h9,16H,4-8H2,1-3H3,(H,17,18). The number of carbonyl (C=O) groups is 1. The van der Waals surface area contributed by atoms with E-state index in [2.05, 4.69) is 11.7 Å². The summed E-state index contributed by atoms with van der Waals surface area (Å²) in [6.45, 7) is 5.84. The maximum Gasteiger partial charge on any atom is 0.511 e. The van der Waals surface area contributed by atoms with Gasteiger partial charge < -0.3 is 14.9 Å². The van der Waals surface area contributed by atoms with Gasteiger partial charge in [-0.25, -0.2) is 4.79 Å². The highest BCUT2D eigenvalue weighted by atomic mass is 16.7. The van der Waals surface area contributed by atoms with Gasteiger partial charge >= 0.3 is 6.16 Å². The molecule has 106 valence electrons. The molecule has 0 saturated heterocycles. The molecule has 0 amide bonds. The van der Waals surface area contributed by atoms with Crippen LogP contribution in [0.1, 0.15) is 49.8 Å². The number of unbranched alkanes of at least 4 members (excludes halogenated alkanes) is 2. The highest BCUT2D eigenvalue weighted by molar-refractivity contribution is 5.66. The third-order valence-electron chi connectivity index (χ3n) is 3.23. The van der Waals surface area contributed by atoms with E-state index in [0.29, 0.717) is 12.0 Å². The zero-order chi connectivity index (χ0) is 14.4. The Morgan fingerprint density at radius 1 is 1.32 bits per heavy atom. The van der Waals surface area contributed by atoms with Gasteiger partial charge in [-0.2, -0.15) is 0 Å². The Morgan fingerprint density at radius 2 is 2.00 bits per heavy atom. The maximum atomic E-state index is 10.6. The second-order valence-corrected chi connectivity index (χ2v) is 4.69. The van der Waals surface area contributed by atoms with Crippen LogP contribution in [0.25, 0.3) is 0 Å². The first kappa shape index (κ1) is 15.3. The van der Waals surface area contributed by atoms with Crippen LogP contribution in [0.4, 0.5) is 4.79 Å². The van der Waals surface area contributed by atoms with E-state index in [4.69, 9.17) is 5.11 Å². The molecule has 1 rings (SSSR count). The lowest BCUT2D eigenvalue weighted by atomic mass is 9.96. The van der Waals surface area contributed by atoms with Crippen LogP contribution in [-0.4, -0.2) is 16.4 Å². The van der Waals surface area contributed by atoms with Crippen molar-refractivity contribution in [2.45, 2.75) is 52.9 Å². The predicted octanol–water partition coefficient (Wildman–Crippen LogP) is 4.05. The Morgan fingerprint density at radius 3 is 2.53 bits per heavy atom. The molecule has 0 radical (unpaired) electrons. The van der Waals surface area contributed by atoms with Crippen molar-refractivity contribution in [1.29, 1.82) is 0 Å². The summed E-state index contributed by atoms with van der Waals surface area (Å²) in [6, 6.07) is 1.92. The number of aryl methyl sites for hydroxylation is 2. The smallest absolute Gasteiger partial charge is 0.504 e. The van der Waals surface area contributed by atoms with Crippen molar-refractivity contribution >= 4 is 6.16 Å². The van der Waals surface area contributed by atoms with Crippen molar-refractivity contribution < 1.29 is 19.7 Å². The highest BCUT2D eigenvalue weighted by Gasteiger charge is 2.17. The minimum absolute atomic E-state index is 0.0311. The Labute approximate surface area is 114 Å². The molecule has 2 N–H and O–H groups in total. The van der Waals surface area contributed by atoms with Gasteiger partial charge in [-0.05, 0) is 37.3 Å². The molecule has 0 spiro atoms. The van der Waals surface area contributed by atoms with Crippen molar-refractivity contribution in [1.82, 2.24) is 0 Å². The molecular formula is C15H22O4. The fraction of sp³-hybridized carbons (Fsp3) is 0.533. The molecule has 0 aliphatic heterocycles. The van der Waals surface area contributed by atoms with Gasteiger partial charge in [0, 0.05) is 5.56 Å². The van der Waals surface area contributed by atoms with Gasteiger partial charge in [0.15, 0.2) is 11.5 Å². The van der Waals surface area contributed by atoms with E-state index in [-0.39, 0.29) is 11.5 Å². The maximum absolute atomic E-state index is 10.6. The van der Waals surface area contributed by atoms with E-state index in [1.165, 1.54) is 0 Å². The Kier molecular flexibility index (Phi) is 5.67. The van der Waals surface area contributed by atoms with Gasteiger partial charge in [0.25, 0.3) is 0 Å². The molecule has 0 heterocycles. The molecule has 0 aromatic heterocycles. The molecule has 1 aromatic carbocycles. The summed E-state index contributed by atoms with van der Waals surface area (Å²) in [5.74, 6) is 0.0278. The monoisotopic (exact) mass is 266 g/mol.